The summed E-state index contributed by atoms with van der Waals surface area (Å²) in [6.07, 6.45) is 0.933. The van der Waals surface area contributed by atoms with Crippen molar-refractivity contribution >= 4 is 29.5 Å². The average Bonchev–Trinajstić information content (AvgIpc) is 2.71. The van der Waals surface area contributed by atoms with Crippen LogP contribution in [0.3, 0.4) is 0 Å². The number of urea groups is 1. The molecule has 0 aliphatic heterocycles. The maximum absolute atomic E-state index is 11.9. The highest BCUT2D eigenvalue weighted by molar-refractivity contribution is 5.95. The number of likely N-dealkylation sites (N-methyl/N-ethyl adjacent to an activating group) is 1. The van der Waals surface area contributed by atoms with E-state index >= 15 is 0 Å². The van der Waals surface area contributed by atoms with Crippen molar-refractivity contribution in [2.24, 2.45) is 11.7 Å². The normalized spacial score (nSPS) is 10.9. The largest absolute Gasteiger partial charge is 0.461 e. The summed E-state index contributed by atoms with van der Waals surface area (Å²) in [4.78, 5) is 44.5. The Kier molecular flexibility index (Phi) is 14.1. The van der Waals surface area contributed by atoms with E-state index in [2.05, 4.69) is 21.3 Å². The van der Waals surface area contributed by atoms with E-state index in [0.29, 0.717) is 12.2 Å². The van der Waals surface area contributed by atoms with Crippen LogP contribution in [0.25, 0.3) is 0 Å². The van der Waals surface area contributed by atoms with Crippen molar-refractivity contribution < 1.29 is 23.9 Å². The number of rotatable bonds is 10. The van der Waals surface area contributed by atoms with E-state index in [-0.39, 0.29) is 42.9 Å². The number of primary amides is 1. The molecule has 10 nitrogen and oxygen atoms in total. The van der Waals surface area contributed by atoms with Gasteiger partial charge in [0, 0.05) is 19.2 Å². The lowest BCUT2D eigenvalue weighted by Crippen LogP contribution is -2.47. The smallest absolute Gasteiger partial charge is 0.312 e. The van der Waals surface area contributed by atoms with Gasteiger partial charge < -0.3 is 31.7 Å². The fourth-order valence-corrected chi connectivity index (χ4v) is 2.37. The third-order valence-electron chi connectivity index (χ3n) is 3.91. The molecule has 0 radical (unpaired) electrons. The number of esters is 1. The summed E-state index contributed by atoms with van der Waals surface area (Å²) in [5.41, 5.74) is 6.16. The number of anilines is 1. The van der Waals surface area contributed by atoms with Gasteiger partial charge >= 0.3 is 12.0 Å². The van der Waals surface area contributed by atoms with Gasteiger partial charge in [-0.1, -0.05) is 32.9 Å². The number of nitrogens with one attached hydrogen (secondary N) is 4. The van der Waals surface area contributed by atoms with E-state index < -0.39 is 6.03 Å². The Bertz CT molecular complexity index is 707. The predicted octanol–water partition coefficient (Wildman–Crippen LogP) is 1.11. The fraction of sp³-hybridized carbons (Fsp3) is 0.524. The van der Waals surface area contributed by atoms with Crippen molar-refractivity contribution in [3.8, 4) is 0 Å². The zero-order valence-electron chi connectivity index (χ0n) is 18.9. The van der Waals surface area contributed by atoms with Crippen LogP contribution >= 0.6 is 0 Å². The van der Waals surface area contributed by atoms with Gasteiger partial charge in [0.2, 0.25) is 11.8 Å². The minimum atomic E-state index is -0.443. The van der Waals surface area contributed by atoms with Crippen molar-refractivity contribution in [1.29, 1.82) is 0 Å². The molecule has 174 valence electrons. The molecule has 0 aliphatic carbocycles. The number of nitrogens with two attached hydrogens (primary N) is 1. The van der Waals surface area contributed by atoms with Gasteiger partial charge in [0.05, 0.1) is 12.6 Å². The molecular weight excluding hydrogens is 402 g/mol. The number of hydrogen-bond donors (Lipinski definition) is 5. The van der Waals surface area contributed by atoms with Crippen LogP contribution in [-0.4, -0.2) is 50.0 Å². The molecule has 10 heteroatoms. The lowest BCUT2D eigenvalue weighted by Gasteiger charge is -2.19. The molecule has 0 saturated heterocycles. The van der Waals surface area contributed by atoms with Crippen molar-refractivity contribution in [1.82, 2.24) is 16.0 Å². The highest BCUT2D eigenvalue weighted by Crippen LogP contribution is 2.10. The summed E-state index contributed by atoms with van der Waals surface area (Å²) in [7, 11) is 1.71. The molecule has 1 aromatic carbocycles. The Balaban J connectivity index is 0.00000110. The number of ether oxygens (including phenoxy) is 1. The average molecular weight is 438 g/mol. The summed E-state index contributed by atoms with van der Waals surface area (Å²) in [6.45, 7) is 7.95. The summed E-state index contributed by atoms with van der Waals surface area (Å²) in [6, 6.07) is 6.16. The van der Waals surface area contributed by atoms with E-state index in [4.69, 9.17) is 10.5 Å². The number of amides is 4. The summed E-state index contributed by atoms with van der Waals surface area (Å²) >= 11 is 0. The molecule has 0 bridgehead atoms. The highest BCUT2D eigenvalue weighted by atomic mass is 16.5. The van der Waals surface area contributed by atoms with Crippen molar-refractivity contribution in [2.45, 2.75) is 46.8 Å². The van der Waals surface area contributed by atoms with Crippen LogP contribution in [0.2, 0.25) is 0 Å². The van der Waals surface area contributed by atoms with E-state index in [0.717, 1.165) is 12.0 Å². The molecule has 0 heterocycles. The van der Waals surface area contributed by atoms with Crippen LogP contribution in [0.15, 0.2) is 24.3 Å². The molecule has 0 aliphatic rings. The molecule has 0 saturated carbocycles. The lowest BCUT2D eigenvalue weighted by molar-refractivity contribution is -0.142. The topological polar surface area (TPSA) is 152 Å². The van der Waals surface area contributed by atoms with Gasteiger partial charge in [0.25, 0.3) is 0 Å². The number of hydrogen-bond acceptors (Lipinski definition) is 6. The minimum Gasteiger partial charge on any atom is -0.461 e. The number of benzene rings is 1. The van der Waals surface area contributed by atoms with Crippen molar-refractivity contribution in [2.75, 3.05) is 25.5 Å². The summed E-state index contributed by atoms with van der Waals surface area (Å²) < 4.78 is 4.89. The number of carbonyl (C=O) groups is 4. The molecule has 4 amide bonds. The molecule has 1 rings (SSSR count). The van der Waals surface area contributed by atoms with Crippen molar-refractivity contribution in [3.05, 3.63) is 29.8 Å². The second-order valence-electron chi connectivity index (χ2n) is 7.04. The fourth-order valence-electron chi connectivity index (χ4n) is 2.37. The maximum Gasteiger partial charge on any atom is 0.312 e. The Morgan fingerprint density at radius 3 is 2.10 bits per heavy atom. The summed E-state index contributed by atoms with van der Waals surface area (Å²) in [5, 5.41) is 10.7. The molecule has 1 unspecified atom stereocenters. The van der Waals surface area contributed by atoms with E-state index in [9.17, 15) is 19.2 Å². The van der Waals surface area contributed by atoms with Gasteiger partial charge in [-0.05, 0) is 37.1 Å². The van der Waals surface area contributed by atoms with Crippen LogP contribution < -0.4 is 27.0 Å². The van der Waals surface area contributed by atoms with Gasteiger partial charge in [-0.3, -0.25) is 14.4 Å². The minimum absolute atomic E-state index is 0.0983. The second kappa shape index (κ2) is 15.7. The number of carbonyl (C=O) groups excluding carboxylic acids is 4. The van der Waals surface area contributed by atoms with Gasteiger partial charge in [-0.25, -0.2) is 4.79 Å². The second-order valence-corrected chi connectivity index (χ2v) is 7.04. The Morgan fingerprint density at radius 2 is 1.68 bits per heavy atom. The van der Waals surface area contributed by atoms with Gasteiger partial charge in [0.15, 0.2) is 0 Å². The third kappa shape index (κ3) is 13.7. The molecule has 1 aromatic rings. The van der Waals surface area contributed by atoms with Crippen LogP contribution in [-0.2, 0) is 25.7 Å². The molecular formula is C21H35N5O5. The van der Waals surface area contributed by atoms with Crippen LogP contribution in [0.5, 0.6) is 0 Å². The predicted molar refractivity (Wildman–Crippen MR) is 119 cm³/mol. The quantitative estimate of drug-likeness (QED) is 0.346. The Morgan fingerprint density at radius 1 is 1.06 bits per heavy atom. The first-order valence-corrected chi connectivity index (χ1v) is 10.1. The van der Waals surface area contributed by atoms with E-state index in [1.165, 1.54) is 6.92 Å². The van der Waals surface area contributed by atoms with Crippen LogP contribution in [0.1, 0.15) is 39.7 Å². The maximum atomic E-state index is 11.9. The van der Waals surface area contributed by atoms with Gasteiger partial charge in [0.1, 0.15) is 6.61 Å². The Labute approximate surface area is 183 Å². The molecule has 0 aromatic heterocycles. The molecule has 31 heavy (non-hydrogen) atoms. The zero-order valence-corrected chi connectivity index (χ0v) is 18.9. The zero-order chi connectivity index (χ0) is 23.8. The van der Waals surface area contributed by atoms with Gasteiger partial charge in [-0.2, -0.15) is 0 Å². The Hall–Kier alpha value is -3.14. The molecule has 0 spiro atoms. The highest BCUT2D eigenvalue weighted by Gasteiger charge is 2.20. The first-order chi connectivity index (χ1) is 14.6. The first-order valence-electron chi connectivity index (χ1n) is 10.1. The third-order valence-corrected chi connectivity index (χ3v) is 3.91. The SMILES string of the molecule is CCCNC(N)=O.CNC(C(=O)NCC(=O)Nc1ccc(COC(C)=O)cc1)C(C)C. The van der Waals surface area contributed by atoms with E-state index in [1.807, 2.05) is 20.8 Å². The molecule has 1 atom stereocenters. The van der Waals surface area contributed by atoms with E-state index in [1.54, 1.807) is 31.3 Å². The molecule has 6 N–H and O–H groups in total. The van der Waals surface area contributed by atoms with Crippen LogP contribution in [0.4, 0.5) is 10.5 Å². The molecule has 0 fully saturated rings. The monoisotopic (exact) mass is 437 g/mol. The van der Waals surface area contributed by atoms with Crippen molar-refractivity contribution in [3.63, 3.8) is 0 Å². The van der Waals surface area contributed by atoms with Crippen LogP contribution in [0, 0.1) is 5.92 Å². The summed E-state index contributed by atoms with van der Waals surface area (Å²) in [5.74, 6) is -0.735. The lowest BCUT2D eigenvalue weighted by atomic mass is 10.0. The standard InChI is InChI=1S/C17H25N3O4.C4H10N2O/c1-11(2)16(18-4)17(23)19-9-15(22)20-14-7-5-13(6-8-14)10-24-12(3)21;1-2-3-6-4(5)7/h5-8,11,16,18H,9-10H2,1-4H3,(H,19,23)(H,20,22);2-3H2,1H3,(H3,5,6,7). The van der Waals surface area contributed by atoms with Gasteiger partial charge in [-0.15, -0.1) is 0 Å². The first kappa shape index (κ1) is 27.9.